The third-order valence-electron chi connectivity index (χ3n) is 2.59. The Bertz CT molecular complexity index is 347. The summed E-state index contributed by atoms with van der Waals surface area (Å²) in [6.45, 7) is 4.87. The molecule has 0 N–H and O–H groups in total. The van der Waals surface area contributed by atoms with Crippen molar-refractivity contribution in [2.75, 3.05) is 32.6 Å². The van der Waals surface area contributed by atoms with Crippen molar-refractivity contribution >= 4 is 15.9 Å². The fourth-order valence-electron chi connectivity index (χ4n) is 1.64. The maximum atomic E-state index is 5.36. The average molecular weight is 303 g/mol. The van der Waals surface area contributed by atoms with Crippen molar-refractivity contribution in [2.24, 2.45) is 0 Å². The van der Waals surface area contributed by atoms with Crippen LogP contribution in [0.5, 0.6) is 11.5 Å². The third kappa shape index (κ3) is 3.85. The fourth-order valence-corrected chi connectivity index (χ4v) is 2.15. The lowest BCUT2D eigenvalue weighted by Gasteiger charge is -2.20. The average Bonchev–Trinajstić information content (AvgIpc) is 2.37. The second kappa shape index (κ2) is 7.50. The van der Waals surface area contributed by atoms with Crippen molar-refractivity contribution < 1.29 is 9.47 Å². The molecule has 0 aliphatic rings. The SMILES string of the molecule is CCN(CCBr)Cc1nccc(OC)c1OC. The molecular weight excluding hydrogens is 284 g/mol. The summed E-state index contributed by atoms with van der Waals surface area (Å²) < 4.78 is 10.6. The zero-order valence-corrected chi connectivity index (χ0v) is 12.2. The molecular formula is C12H19BrN2O2. The molecule has 0 amide bonds. The number of hydrogen-bond acceptors (Lipinski definition) is 4. The van der Waals surface area contributed by atoms with Crippen LogP contribution < -0.4 is 9.47 Å². The number of hydrogen-bond donors (Lipinski definition) is 0. The Kier molecular flexibility index (Phi) is 6.29. The van der Waals surface area contributed by atoms with Crippen LogP contribution in [0.2, 0.25) is 0 Å². The van der Waals surface area contributed by atoms with Crippen LogP contribution in [0.1, 0.15) is 12.6 Å². The van der Waals surface area contributed by atoms with Crippen LogP contribution in [0, 0.1) is 0 Å². The van der Waals surface area contributed by atoms with Crippen molar-refractivity contribution in [2.45, 2.75) is 13.5 Å². The van der Waals surface area contributed by atoms with E-state index in [1.54, 1.807) is 20.4 Å². The van der Waals surface area contributed by atoms with Gasteiger partial charge in [-0.2, -0.15) is 0 Å². The summed E-state index contributed by atoms with van der Waals surface area (Å²) in [6, 6.07) is 1.81. The van der Waals surface area contributed by atoms with Crippen LogP contribution in [0.4, 0.5) is 0 Å². The van der Waals surface area contributed by atoms with E-state index < -0.39 is 0 Å². The Morgan fingerprint density at radius 1 is 1.35 bits per heavy atom. The summed E-state index contributed by atoms with van der Waals surface area (Å²) >= 11 is 3.45. The molecule has 1 heterocycles. The highest BCUT2D eigenvalue weighted by Gasteiger charge is 2.13. The summed E-state index contributed by atoms with van der Waals surface area (Å²) in [5.41, 5.74) is 0.912. The first-order valence-corrected chi connectivity index (χ1v) is 6.73. The van der Waals surface area contributed by atoms with Crippen molar-refractivity contribution in [1.29, 1.82) is 0 Å². The Morgan fingerprint density at radius 3 is 2.65 bits per heavy atom. The Hall–Kier alpha value is -0.810. The Morgan fingerprint density at radius 2 is 2.12 bits per heavy atom. The van der Waals surface area contributed by atoms with Crippen LogP contribution in [-0.2, 0) is 6.54 Å². The molecule has 0 radical (unpaired) electrons. The van der Waals surface area contributed by atoms with Gasteiger partial charge in [0.05, 0.1) is 14.2 Å². The quantitative estimate of drug-likeness (QED) is 0.724. The highest BCUT2D eigenvalue weighted by atomic mass is 79.9. The Labute approximate surface area is 111 Å². The van der Waals surface area contributed by atoms with Gasteiger partial charge in [-0.05, 0) is 6.54 Å². The van der Waals surface area contributed by atoms with E-state index in [1.165, 1.54) is 0 Å². The van der Waals surface area contributed by atoms with E-state index in [4.69, 9.17) is 9.47 Å². The molecule has 0 saturated heterocycles. The second-order valence-corrected chi connectivity index (χ2v) is 4.34. The number of ether oxygens (including phenoxy) is 2. The molecule has 0 bridgehead atoms. The van der Waals surface area contributed by atoms with Crippen LogP contribution in [0.25, 0.3) is 0 Å². The molecule has 17 heavy (non-hydrogen) atoms. The molecule has 0 aliphatic carbocycles. The standard InChI is InChI=1S/C12H19BrN2O2/c1-4-15(8-6-13)9-10-12(17-3)11(16-2)5-7-14-10/h5,7H,4,6,8-9H2,1-3H3. The number of halogens is 1. The molecule has 96 valence electrons. The molecule has 0 fully saturated rings. The molecule has 1 rings (SSSR count). The fraction of sp³-hybridized carbons (Fsp3) is 0.583. The normalized spacial score (nSPS) is 10.6. The summed E-state index contributed by atoms with van der Waals surface area (Å²) in [5.74, 6) is 1.45. The highest BCUT2D eigenvalue weighted by molar-refractivity contribution is 9.09. The van der Waals surface area contributed by atoms with E-state index in [9.17, 15) is 0 Å². The van der Waals surface area contributed by atoms with Crippen LogP contribution in [-0.4, -0.2) is 42.5 Å². The van der Waals surface area contributed by atoms with Crippen LogP contribution >= 0.6 is 15.9 Å². The molecule has 1 aromatic heterocycles. The van der Waals surface area contributed by atoms with Gasteiger partial charge in [-0.3, -0.25) is 9.88 Å². The molecule has 5 heteroatoms. The first-order valence-electron chi connectivity index (χ1n) is 5.61. The number of methoxy groups -OCH3 is 2. The van der Waals surface area contributed by atoms with E-state index >= 15 is 0 Å². The minimum Gasteiger partial charge on any atom is -0.493 e. The summed E-state index contributed by atoms with van der Waals surface area (Å²) in [5, 5.41) is 0.952. The Balaban J connectivity index is 2.88. The minimum absolute atomic E-state index is 0.725. The lowest BCUT2D eigenvalue weighted by molar-refractivity contribution is 0.283. The van der Waals surface area contributed by atoms with Crippen LogP contribution in [0.15, 0.2) is 12.3 Å². The van der Waals surface area contributed by atoms with Gasteiger partial charge in [0.2, 0.25) is 0 Å². The summed E-state index contributed by atoms with van der Waals surface area (Å²) in [4.78, 5) is 6.66. The number of rotatable bonds is 7. The first kappa shape index (κ1) is 14.3. The number of nitrogens with zero attached hydrogens (tertiary/aromatic N) is 2. The van der Waals surface area contributed by atoms with Gasteiger partial charge in [-0.25, -0.2) is 0 Å². The van der Waals surface area contributed by atoms with Gasteiger partial charge in [0.25, 0.3) is 0 Å². The van der Waals surface area contributed by atoms with Gasteiger partial charge >= 0.3 is 0 Å². The van der Waals surface area contributed by atoms with Crippen molar-refractivity contribution in [3.8, 4) is 11.5 Å². The maximum Gasteiger partial charge on any atom is 0.183 e. The first-order chi connectivity index (χ1) is 8.26. The highest BCUT2D eigenvalue weighted by Crippen LogP contribution is 2.29. The molecule has 0 spiro atoms. The summed E-state index contributed by atoms with van der Waals surface area (Å²) in [7, 11) is 3.28. The van der Waals surface area contributed by atoms with Crippen molar-refractivity contribution in [3.05, 3.63) is 18.0 Å². The summed E-state index contributed by atoms with van der Waals surface area (Å²) in [6.07, 6.45) is 1.75. The minimum atomic E-state index is 0.725. The topological polar surface area (TPSA) is 34.6 Å². The smallest absolute Gasteiger partial charge is 0.183 e. The largest absolute Gasteiger partial charge is 0.493 e. The lowest BCUT2D eigenvalue weighted by Crippen LogP contribution is -2.25. The molecule has 0 aromatic carbocycles. The predicted molar refractivity (Wildman–Crippen MR) is 72.1 cm³/mol. The lowest BCUT2D eigenvalue weighted by atomic mass is 10.2. The number of aromatic nitrogens is 1. The molecule has 0 aliphatic heterocycles. The van der Waals surface area contributed by atoms with E-state index in [2.05, 4.69) is 32.7 Å². The number of alkyl halides is 1. The van der Waals surface area contributed by atoms with E-state index in [-0.39, 0.29) is 0 Å². The van der Waals surface area contributed by atoms with Crippen LogP contribution in [0.3, 0.4) is 0 Å². The van der Waals surface area contributed by atoms with Gasteiger partial charge in [0.15, 0.2) is 11.5 Å². The van der Waals surface area contributed by atoms with Gasteiger partial charge in [0.1, 0.15) is 5.69 Å². The molecule has 4 nitrogen and oxygen atoms in total. The molecule has 1 aromatic rings. The monoisotopic (exact) mass is 302 g/mol. The van der Waals surface area contributed by atoms with Crippen molar-refractivity contribution in [3.63, 3.8) is 0 Å². The molecule has 0 atom stereocenters. The molecule has 0 unspecified atom stereocenters. The zero-order chi connectivity index (χ0) is 12.7. The van der Waals surface area contributed by atoms with Gasteiger partial charge < -0.3 is 9.47 Å². The van der Waals surface area contributed by atoms with Crippen molar-refractivity contribution in [1.82, 2.24) is 9.88 Å². The van der Waals surface area contributed by atoms with Gasteiger partial charge in [0, 0.05) is 30.7 Å². The maximum absolute atomic E-state index is 5.36. The van der Waals surface area contributed by atoms with Gasteiger partial charge in [-0.15, -0.1) is 0 Å². The number of pyridine rings is 1. The predicted octanol–water partition coefficient (Wildman–Crippen LogP) is 2.32. The van der Waals surface area contributed by atoms with E-state index in [0.717, 1.165) is 42.2 Å². The second-order valence-electron chi connectivity index (χ2n) is 3.55. The third-order valence-corrected chi connectivity index (χ3v) is 2.94. The van der Waals surface area contributed by atoms with Gasteiger partial charge in [-0.1, -0.05) is 22.9 Å². The molecule has 0 saturated carbocycles. The van der Waals surface area contributed by atoms with E-state index in [1.807, 2.05) is 6.07 Å². The van der Waals surface area contributed by atoms with E-state index in [0.29, 0.717) is 0 Å². The zero-order valence-electron chi connectivity index (χ0n) is 10.6.